The average Bonchev–Trinajstić information content (AvgIpc) is 3.04. The lowest BCUT2D eigenvalue weighted by Crippen LogP contribution is -2.12. The van der Waals surface area contributed by atoms with Crippen LogP contribution in [0.2, 0.25) is 0 Å². The number of aromatic nitrogens is 5. The Bertz CT molecular complexity index is 780. The van der Waals surface area contributed by atoms with Gasteiger partial charge in [0.25, 0.3) is 0 Å². The summed E-state index contributed by atoms with van der Waals surface area (Å²) in [6.07, 6.45) is -1.70. The average molecular weight is 312 g/mol. The van der Waals surface area contributed by atoms with Gasteiger partial charge in [0.1, 0.15) is 11.5 Å². The Morgan fingerprint density at radius 3 is 2.86 bits per heavy atom. The summed E-state index contributed by atoms with van der Waals surface area (Å²) in [6, 6.07) is 3.36. The first kappa shape index (κ1) is 14.3. The summed E-state index contributed by atoms with van der Waals surface area (Å²) in [7, 11) is 0. The van der Waals surface area contributed by atoms with Crippen molar-refractivity contribution in [1.29, 1.82) is 0 Å². The summed E-state index contributed by atoms with van der Waals surface area (Å²) in [5.74, 6) is 1.01. The summed E-state index contributed by atoms with van der Waals surface area (Å²) in [5.41, 5.74) is 1.29. The Balaban J connectivity index is 1.92. The molecular formula is C12H11F3N6O. The highest BCUT2D eigenvalue weighted by Crippen LogP contribution is 2.20. The van der Waals surface area contributed by atoms with Gasteiger partial charge >= 0.3 is 6.36 Å². The van der Waals surface area contributed by atoms with Gasteiger partial charge in [-0.2, -0.15) is 5.10 Å². The van der Waals surface area contributed by atoms with E-state index in [4.69, 9.17) is 0 Å². The number of aromatic amines is 1. The largest absolute Gasteiger partial charge is 0.522 e. The Morgan fingerprint density at radius 1 is 1.36 bits per heavy atom. The summed E-state index contributed by atoms with van der Waals surface area (Å²) >= 11 is 0. The molecular weight excluding hydrogens is 301 g/mol. The van der Waals surface area contributed by atoms with Gasteiger partial charge in [0.15, 0.2) is 0 Å². The van der Waals surface area contributed by atoms with Crippen molar-refractivity contribution in [2.24, 2.45) is 0 Å². The molecule has 2 N–H and O–H groups in total. The van der Waals surface area contributed by atoms with Gasteiger partial charge in [0.2, 0.25) is 5.95 Å². The summed E-state index contributed by atoms with van der Waals surface area (Å²) < 4.78 is 41.6. The zero-order valence-corrected chi connectivity index (χ0v) is 11.3. The van der Waals surface area contributed by atoms with Crippen LogP contribution in [-0.4, -0.2) is 30.9 Å². The minimum Gasteiger partial charge on any atom is -0.310 e. The predicted octanol–water partition coefficient (Wildman–Crippen LogP) is 2.54. The molecule has 0 fully saturated rings. The molecule has 0 amide bonds. The van der Waals surface area contributed by atoms with Crippen LogP contribution in [0.1, 0.15) is 11.4 Å². The van der Waals surface area contributed by atoms with E-state index in [9.17, 15) is 13.2 Å². The number of rotatable bonds is 4. The second kappa shape index (κ2) is 5.30. The number of anilines is 2. The maximum atomic E-state index is 12.1. The molecule has 22 heavy (non-hydrogen) atoms. The third-order valence-corrected chi connectivity index (χ3v) is 2.76. The second-order valence-corrected chi connectivity index (χ2v) is 4.51. The van der Waals surface area contributed by atoms with Crippen LogP contribution in [0.15, 0.2) is 24.5 Å². The quantitative estimate of drug-likeness (QED) is 0.774. The van der Waals surface area contributed by atoms with Crippen LogP contribution >= 0.6 is 0 Å². The topological polar surface area (TPSA) is 80.1 Å². The van der Waals surface area contributed by atoms with Crippen molar-refractivity contribution in [1.82, 2.24) is 24.6 Å². The molecule has 116 valence electrons. The molecule has 0 aromatic carbocycles. The van der Waals surface area contributed by atoms with E-state index in [0.717, 1.165) is 0 Å². The van der Waals surface area contributed by atoms with E-state index in [1.807, 2.05) is 0 Å². The number of H-pyrrole nitrogens is 1. The summed E-state index contributed by atoms with van der Waals surface area (Å²) in [5, 5.41) is 9.49. The summed E-state index contributed by atoms with van der Waals surface area (Å²) in [6.45, 7) is 1.10. The van der Waals surface area contributed by atoms with Gasteiger partial charge in [-0.25, -0.2) is 9.97 Å². The molecule has 0 saturated heterocycles. The van der Waals surface area contributed by atoms with E-state index in [2.05, 4.69) is 30.2 Å². The molecule has 3 heterocycles. The van der Waals surface area contributed by atoms with Crippen molar-refractivity contribution < 1.29 is 17.9 Å². The monoisotopic (exact) mass is 312 g/mol. The van der Waals surface area contributed by atoms with E-state index in [1.165, 1.54) is 6.20 Å². The highest BCUT2D eigenvalue weighted by Gasteiger charge is 2.29. The lowest BCUT2D eigenvalue weighted by atomic mass is 10.4. The smallest absolute Gasteiger partial charge is 0.310 e. The molecule has 3 rings (SSSR count). The van der Waals surface area contributed by atoms with Gasteiger partial charge in [-0.1, -0.05) is 0 Å². The van der Waals surface area contributed by atoms with Crippen LogP contribution in [0.3, 0.4) is 0 Å². The Kier molecular flexibility index (Phi) is 3.45. The van der Waals surface area contributed by atoms with Gasteiger partial charge in [0, 0.05) is 24.0 Å². The molecule has 0 aliphatic heterocycles. The molecule has 0 aliphatic carbocycles. The fourth-order valence-electron chi connectivity index (χ4n) is 1.92. The number of nitrogens with one attached hydrogen (secondary N) is 2. The van der Waals surface area contributed by atoms with Crippen LogP contribution in [-0.2, 0) is 11.3 Å². The van der Waals surface area contributed by atoms with Crippen molar-refractivity contribution in [3.8, 4) is 0 Å². The van der Waals surface area contributed by atoms with Crippen molar-refractivity contribution in [3.05, 3.63) is 35.9 Å². The van der Waals surface area contributed by atoms with Crippen LogP contribution < -0.4 is 5.32 Å². The first-order chi connectivity index (χ1) is 10.4. The molecule has 0 bridgehead atoms. The Hall–Kier alpha value is -2.62. The third kappa shape index (κ3) is 3.17. The molecule has 0 radical (unpaired) electrons. The number of halogens is 3. The van der Waals surface area contributed by atoms with E-state index < -0.39 is 13.0 Å². The molecule has 0 saturated carbocycles. The molecule has 10 heteroatoms. The molecule has 3 aromatic rings. The SMILES string of the molecule is Cc1cc2nc(COC(F)(F)F)cn2c(Nc2ccn[nH]2)n1. The van der Waals surface area contributed by atoms with Crippen molar-refractivity contribution >= 4 is 17.4 Å². The number of aryl methyl sites for hydroxylation is 1. The lowest BCUT2D eigenvalue weighted by molar-refractivity contribution is -0.330. The standard InChI is InChI=1S/C12H11F3N6O/c1-7-4-10-18-8(6-22-12(13,14)15)5-21(10)11(17-7)19-9-2-3-16-20-9/h2-5H,6H2,1H3,(H2,16,17,19,20). The zero-order valence-electron chi connectivity index (χ0n) is 11.3. The third-order valence-electron chi connectivity index (χ3n) is 2.76. The van der Waals surface area contributed by atoms with Gasteiger partial charge in [-0.15, -0.1) is 13.2 Å². The number of imidazole rings is 1. The molecule has 0 unspecified atom stereocenters. The fourth-order valence-corrected chi connectivity index (χ4v) is 1.92. The number of fused-ring (bicyclic) bond motifs is 1. The van der Waals surface area contributed by atoms with Crippen LogP contribution in [0, 0.1) is 6.92 Å². The predicted molar refractivity (Wildman–Crippen MR) is 70.4 cm³/mol. The van der Waals surface area contributed by atoms with Gasteiger partial charge < -0.3 is 5.32 Å². The maximum Gasteiger partial charge on any atom is 0.522 e. The summed E-state index contributed by atoms with van der Waals surface area (Å²) in [4.78, 5) is 8.40. The number of alkyl halides is 3. The fraction of sp³-hybridized carbons (Fsp3) is 0.250. The van der Waals surface area contributed by atoms with Crippen LogP contribution in [0.4, 0.5) is 24.9 Å². The molecule has 3 aromatic heterocycles. The molecule has 7 nitrogen and oxygen atoms in total. The lowest BCUT2D eigenvalue weighted by Gasteiger charge is -2.06. The molecule has 0 spiro atoms. The molecule has 0 atom stereocenters. The minimum absolute atomic E-state index is 0.150. The Labute approximate surface area is 122 Å². The number of hydrogen-bond donors (Lipinski definition) is 2. The normalized spacial score (nSPS) is 12.0. The highest BCUT2D eigenvalue weighted by atomic mass is 19.4. The first-order valence-electron chi connectivity index (χ1n) is 6.23. The van der Waals surface area contributed by atoms with Crippen LogP contribution in [0.25, 0.3) is 5.65 Å². The van der Waals surface area contributed by atoms with Crippen molar-refractivity contribution in [2.45, 2.75) is 19.9 Å². The highest BCUT2D eigenvalue weighted by molar-refractivity contribution is 5.54. The first-order valence-corrected chi connectivity index (χ1v) is 6.23. The van der Waals surface area contributed by atoms with Gasteiger partial charge in [-0.05, 0) is 6.92 Å². The van der Waals surface area contributed by atoms with E-state index >= 15 is 0 Å². The van der Waals surface area contributed by atoms with Gasteiger partial charge in [0.05, 0.1) is 18.5 Å². The van der Waals surface area contributed by atoms with E-state index in [1.54, 1.807) is 29.7 Å². The van der Waals surface area contributed by atoms with Crippen LogP contribution in [0.5, 0.6) is 0 Å². The Morgan fingerprint density at radius 2 is 2.18 bits per heavy atom. The number of nitrogens with zero attached hydrogens (tertiary/aromatic N) is 4. The second-order valence-electron chi connectivity index (χ2n) is 4.51. The van der Waals surface area contributed by atoms with Crippen molar-refractivity contribution in [2.75, 3.05) is 5.32 Å². The minimum atomic E-state index is -4.69. The molecule has 0 aliphatic rings. The van der Waals surface area contributed by atoms with E-state index in [0.29, 0.717) is 23.1 Å². The number of ether oxygens (including phenoxy) is 1. The van der Waals surface area contributed by atoms with Crippen molar-refractivity contribution in [3.63, 3.8) is 0 Å². The maximum absolute atomic E-state index is 12.1. The van der Waals surface area contributed by atoms with E-state index in [-0.39, 0.29) is 5.69 Å². The van der Waals surface area contributed by atoms with Gasteiger partial charge in [-0.3, -0.25) is 14.2 Å². The zero-order chi connectivity index (χ0) is 15.7. The number of hydrogen-bond acceptors (Lipinski definition) is 5.